The zero-order valence-electron chi connectivity index (χ0n) is 18.7. The Morgan fingerprint density at radius 1 is 1.00 bits per heavy atom. The largest absolute Gasteiger partial charge is 0.466 e. The fraction of sp³-hybridized carbons (Fsp3) is 0.231. The lowest BCUT2D eigenvalue weighted by Gasteiger charge is -2.13. The summed E-state index contributed by atoms with van der Waals surface area (Å²) < 4.78 is 32.7. The molecule has 0 radical (unpaired) electrons. The van der Waals surface area contributed by atoms with Crippen molar-refractivity contribution in [1.29, 1.82) is 0 Å². The topological polar surface area (TPSA) is 85.4 Å². The quantitative estimate of drug-likeness (QED) is 0.431. The molecule has 1 aromatic heterocycles. The zero-order valence-corrected chi connectivity index (χ0v) is 19.5. The van der Waals surface area contributed by atoms with E-state index >= 15 is 0 Å². The highest BCUT2D eigenvalue weighted by Crippen LogP contribution is 2.24. The van der Waals surface area contributed by atoms with Crippen molar-refractivity contribution in [3.63, 3.8) is 0 Å². The highest BCUT2D eigenvalue weighted by molar-refractivity contribution is 7.89. The van der Waals surface area contributed by atoms with E-state index in [0.717, 1.165) is 27.8 Å². The minimum absolute atomic E-state index is 0.235. The maximum atomic E-state index is 12.5. The predicted molar refractivity (Wildman–Crippen MR) is 129 cm³/mol. The van der Waals surface area contributed by atoms with Crippen LogP contribution < -0.4 is 4.72 Å². The number of nitrogens with one attached hydrogen (secondary N) is 1. The van der Waals surface area contributed by atoms with Gasteiger partial charge >= 0.3 is 5.97 Å². The van der Waals surface area contributed by atoms with Gasteiger partial charge in [-0.3, -0.25) is 9.78 Å². The summed E-state index contributed by atoms with van der Waals surface area (Å²) in [5.41, 5.74) is 4.53. The molecule has 0 saturated heterocycles. The predicted octanol–water partition coefficient (Wildman–Crippen LogP) is 4.16. The molecule has 7 heteroatoms. The monoisotopic (exact) mass is 464 g/mol. The fourth-order valence-electron chi connectivity index (χ4n) is 3.43. The van der Waals surface area contributed by atoms with E-state index in [1.807, 2.05) is 30.3 Å². The number of rotatable bonds is 11. The van der Waals surface area contributed by atoms with E-state index in [9.17, 15) is 13.2 Å². The summed E-state index contributed by atoms with van der Waals surface area (Å²) in [5, 5.41) is 0. The number of carbonyl (C=O) groups excluding carboxylic acids is 1. The van der Waals surface area contributed by atoms with Crippen molar-refractivity contribution in [3.05, 3.63) is 102 Å². The molecule has 6 nitrogen and oxygen atoms in total. The number of hydrogen-bond acceptors (Lipinski definition) is 5. The van der Waals surface area contributed by atoms with Crippen LogP contribution in [0.4, 0.5) is 0 Å². The molecule has 33 heavy (non-hydrogen) atoms. The Hall–Kier alpha value is -3.29. The molecule has 0 amide bonds. The van der Waals surface area contributed by atoms with Gasteiger partial charge < -0.3 is 4.74 Å². The van der Waals surface area contributed by atoms with Crippen molar-refractivity contribution in [3.8, 4) is 0 Å². The van der Waals surface area contributed by atoms with Crippen LogP contribution in [-0.2, 0) is 32.4 Å². The molecule has 0 fully saturated rings. The number of pyridine rings is 1. The number of sulfonamides is 1. The molecule has 0 spiro atoms. The Kier molecular flexibility index (Phi) is 8.52. The summed E-state index contributed by atoms with van der Waals surface area (Å²) in [5.74, 6) is -0.244. The van der Waals surface area contributed by atoms with Crippen molar-refractivity contribution in [1.82, 2.24) is 9.71 Å². The zero-order chi connectivity index (χ0) is 23.7. The maximum absolute atomic E-state index is 12.5. The van der Waals surface area contributed by atoms with E-state index in [0.29, 0.717) is 19.4 Å². The van der Waals surface area contributed by atoms with Gasteiger partial charge in [0, 0.05) is 25.4 Å². The van der Waals surface area contributed by atoms with Crippen LogP contribution in [0, 0.1) is 0 Å². The number of ether oxygens (including phenoxy) is 1. The standard InChI is InChI=1S/C26H28N2O4S/c1-3-32-26(29)12-11-21-16-22(13-15-28-33(30,31)25-9-5-4-6-10-25)18-24(17-21)20(2)23-8-7-14-27-19-23/h4-10,14,16-19,28H,2-3,11-13,15H2,1H3. The first-order chi connectivity index (χ1) is 15.9. The second-order valence-corrected chi connectivity index (χ2v) is 9.29. The molecular formula is C26H28N2O4S. The molecule has 1 N–H and O–H groups in total. The number of aromatic nitrogens is 1. The van der Waals surface area contributed by atoms with E-state index in [2.05, 4.69) is 16.3 Å². The van der Waals surface area contributed by atoms with Gasteiger partial charge in [0.1, 0.15) is 0 Å². The Bertz CT molecular complexity index is 1190. The third-order valence-electron chi connectivity index (χ3n) is 5.09. The normalized spacial score (nSPS) is 11.2. The molecule has 0 saturated carbocycles. The van der Waals surface area contributed by atoms with E-state index in [4.69, 9.17) is 4.74 Å². The summed E-state index contributed by atoms with van der Waals surface area (Å²) >= 11 is 0. The lowest BCUT2D eigenvalue weighted by molar-refractivity contribution is -0.143. The SMILES string of the molecule is C=C(c1cccnc1)c1cc(CCNS(=O)(=O)c2ccccc2)cc(CCC(=O)OCC)c1. The third-order valence-corrected chi connectivity index (χ3v) is 6.57. The number of nitrogens with zero attached hydrogens (tertiary/aromatic N) is 1. The summed E-state index contributed by atoms with van der Waals surface area (Å²) in [6.07, 6.45) is 4.75. The Morgan fingerprint density at radius 3 is 2.39 bits per heavy atom. The first-order valence-electron chi connectivity index (χ1n) is 10.8. The molecule has 0 unspecified atom stereocenters. The Labute approximate surface area is 195 Å². The van der Waals surface area contributed by atoms with E-state index in [1.54, 1.807) is 49.6 Å². The molecule has 1 heterocycles. The van der Waals surface area contributed by atoms with Gasteiger partial charge in [-0.05, 0) is 65.8 Å². The van der Waals surface area contributed by atoms with Crippen molar-refractivity contribution < 1.29 is 17.9 Å². The summed E-state index contributed by atoms with van der Waals surface area (Å²) in [6, 6.07) is 18.1. The van der Waals surface area contributed by atoms with Crippen LogP contribution in [-0.4, -0.2) is 32.5 Å². The molecule has 2 aromatic carbocycles. The maximum Gasteiger partial charge on any atom is 0.306 e. The molecule has 0 atom stereocenters. The minimum atomic E-state index is -3.57. The van der Waals surface area contributed by atoms with Gasteiger partial charge in [0.2, 0.25) is 10.0 Å². The molecule has 3 aromatic rings. The fourth-order valence-corrected chi connectivity index (χ4v) is 4.48. The summed E-state index contributed by atoms with van der Waals surface area (Å²) in [7, 11) is -3.57. The van der Waals surface area contributed by atoms with Crippen LogP contribution in [0.5, 0.6) is 0 Å². The third kappa shape index (κ3) is 7.10. The van der Waals surface area contributed by atoms with Crippen molar-refractivity contribution in [2.45, 2.75) is 31.1 Å². The molecule has 3 rings (SSSR count). The van der Waals surface area contributed by atoms with Gasteiger partial charge in [0.25, 0.3) is 0 Å². The van der Waals surface area contributed by atoms with Crippen LogP contribution in [0.1, 0.15) is 35.6 Å². The van der Waals surface area contributed by atoms with Gasteiger partial charge in [-0.2, -0.15) is 0 Å². The van der Waals surface area contributed by atoms with E-state index in [-0.39, 0.29) is 23.8 Å². The average Bonchev–Trinajstić information content (AvgIpc) is 2.83. The lowest BCUT2D eigenvalue weighted by atomic mass is 9.94. The van der Waals surface area contributed by atoms with Gasteiger partial charge in [-0.15, -0.1) is 0 Å². The lowest BCUT2D eigenvalue weighted by Crippen LogP contribution is -2.26. The van der Waals surface area contributed by atoms with Crippen molar-refractivity contribution >= 4 is 21.6 Å². The molecule has 0 aliphatic carbocycles. The molecular weight excluding hydrogens is 436 g/mol. The van der Waals surface area contributed by atoms with E-state index < -0.39 is 10.0 Å². The smallest absolute Gasteiger partial charge is 0.306 e. The van der Waals surface area contributed by atoms with Gasteiger partial charge in [-0.1, -0.05) is 49.0 Å². The average molecular weight is 465 g/mol. The van der Waals surface area contributed by atoms with Crippen LogP contribution in [0.2, 0.25) is 0 Å². The number of hydrogen-bond donors (Lipinski definition) is 1. The second-order valence-electron chi connectivity index (χ2n) is 7.52. The number of esters is 1. The molecule has 0 bridgehead atoms. The molecule has 0 aliphatic rings. The highest BCUT2D eigenvalue weighted by Gasteiger charge is 2.13. The minimum Gasteiger partial charge on any atom is -0.466 e. The van der Waals surface area contributed by atoms with Gasteiger partial charge in [0.15, 0.2) is 0 Å². The van der Waals surface area contributed by atoms with E-state index in [1.165, 1.54) is 0 Å². The van der Waals surface area contributed by atoms with Crippen LogP contribution >= 0.6 is 0 Å². The van der Waals surface area contributed by atoms with Crippen molar-refractivity contribution in [2.24, 2.45) is 0 Å². The Balaban J connectivity index is 1.78. The van der Waals surface area contributed by atoms with Gasteiger partial charge in [-0.25, -0.2) is 13.1 Å². The van der Waals surface area contributed by atoms with Crippen molar-refractivity contribution in [2.75, 3.05) is 13.2 Å². The first-order valence-corrected chi connectivity index (χ1v) is 12.3. The van der Waals surface area contributed by atoms with Crippen LogP contribution in [0.25, 0.3) is 5.57 Å². The molecule has 172 valence electrons. The summed E-state index contributed by atoms with van der Waals surface area (Å²) in [6.45, 7) is 6.60. The number of aryl methyl sites for hydroxylation is 1. The number of carbonyl (C=O) groups is 1. The molecule has 0 aliphatic heterocycles. The Morgan fingerprint density at radius 2 is 1.73 bits per heavy atom. The highest BCUT2D eigenvalue weighted by atomic mass is 32.2. The second kappa shape index (κ2) is 11.5. The first kappa shape index (κ1) is 24.4. The summed E-state index contributed by atoms with van der Waals surface area (Å²) in [4.78, 5) is 16.2. The van der Waals surface area contributed by atoms with Crippen LogP contribution in [0.15, 0.2) is 84.5 Å². The number of benzene rings is 2. The van der Waals surface area contributed by atoms with Gasteiger partial charge in [0.05, 0.1) is 11.5 Å². The van der Waals surface area contributed by atoms with Crippen LogP contribution in [0.3, 0.4) is 0 Å².